The number of benzene rings is 1. The maximum atomic E-state index is 13.0. The van der Waals surface area contributed by atoms with Gasteiger partial charge in [-0.25, -0.2) is 0 Å². The van der Waals surface area contributed by atoms with Gasteiger partial charge in [-0.05, 0) is 37.5 Å². The van der Waals surface area contributed by atoms with E-state index in [9.17, 15) is 14.7 Å². The van der Waals surface area contributed by atoms with E-state index in [1.165, 1.54) is 0 Å². The number of aromatic amines is 1. The number of likely N-dealkylation sites (tertiary alicyclic amines) is 1. The molecule has 0 saturated carbocycles. The fraction of sp³-hybridized carbons (Fsp3) is 0.500. The van der Waals surface area contributed by atoms with Crippen molar-refractivity contribution in [1.82, 2.24) is 9.88 Å². The number of nitrogens with zero attached hydrogens (tertiary/aromatic N) is 1. The monoisotopic (exact) mass is 356 g/mol. The molecule has 2 saturated heterocycles. The molecule has 2 fully saturated rings. The topological polar surface area (TPSA) is 82.6 Å². The molecule has 0 spiro atoms. The number of hydrogen-bond donors (Lipinski definition) is 2. The quantitative estimate of drug-likeness (QED) is 0.883. The van der Waals surface area contributed by atoms with Crippen molar-refractivity contribution >= 4 is 22.8 Å². The van der Waals surface area contributed by atoms with Crippen LogP contribution < -0.4 is 0 Å². The molecule has 2 N–H and O–H groups in total. The van der Waals surface area contributed by atoms with E-state index in [1.807, 2.05) is 6.92 Å². The molecule has 0 radical (unpaired) electrons. The van der Waals surface area contributed by atoms with E-state index in [1.54, 1.807) is 4.90 Å². The lowest BCUT2D eigenvalue weighted by Gasteiger charge is -2.22. The van der Waals surface area contributed by atoms with Crippen LogP contribution in [0.5, 0.6) is 0 Å². The average molecular weight is 356 g/mol. The van der Waals surface area contributed by atoms with E-state index in [0.717, 1.165) is 33.3 Å². The zero-order valence-electron chi connectivity index (χ0n) is 15.4. The number of ether oxygens (including phenoxy) is 1. The number of rotatable bonds is 3. The van der Waals surface area contributed by atoms with Crippen molar-refractivity contribution in [2.45, 2.75) is 27.2 Å². The predicted octanol–water partition coefficient (Wildman–Crippen LogP) is 2.20. The molecular formula is C20H24N2O4. The van der Waals surface area contributed by atoms with Gasteiger partial charge in [0.15, 0.2) is 0 Å². The number of amides is 1. The zero-order chi connectivity index (χ0) is 18.6. The second-order valence-electron chi connectivity index (χ2n) is 7.80. The summed E-state index contributed by atoms with van der Waals surface area (Å²) in [5.41, 5.74) is 4.47. The average Bonchev–Trinajstić information content (AvgIpc) is 3.23. The summed E-state index contributed by atoms with van der Waals surface area (Å²) in [6.07, 6.45) is 0.291. The Morgan fingerprint density at radius 1 is 1.31 bits per heavy atom. The van der Waals surface area contributed by atoms with Crippen LogP contribution >= 0.6 is 0 Å². The molecule has 4 rings (SSSR count). The van der Waals surface area contributed by atoms with Gasteiger partial charge in [0.2, 0.25) is 5.91 Å². The number of aliphatic carboxylic acids is 1. The standard InChI is InChI=1S/C20H24N2O4/c1-11-4-5-12(2)18-17(11)15(13(3)21-18)6-16(23)22-7-14-8-26-10-20(14,9-22)19(24)25/h4-5,14,21H,6-10H2,1-3H3,(H,24,25)/t14-,20-/m1/s1. The normalized spacial score (nSPS) is 25.0. The van der Waals surface area contributed by atoms with E-state index in [4.69, 9.17) is 4.74 Å². The van der Waals surface area contributed by atoms with Gasteiger partial charge in [-0.15, -0.1) is 0 Å². The molecule has 3 heterocycles. The number of hydrogen-bond acceptors (Lipinski definition) is 3. The van der Waals surface area contributed by atoms with E-state index < -0.39 is 11.4 Å². The molecule has 0 unspecified atom stereocenters. The lowest BCUT2D eigenvalue weighted by Crippen LogP contribution is -2.40. The predicted molar refractivity (Wildman–Crippen MR) is 97.2 cm³/mol. The van der Waals surface area contributed by atoms with Crippen LogP contribution in [0.15, 0.2) is 12.1 Å². The molecule has 1 amide bonds. The molecule has 138 valence electrons. The minimum Gasteiger partial charge on any atom is -0.481 e. The van der Waals surface area contributed by atoms with Gasteiger partial charge in [-0.2, -0.15) is 0 Å². The molecule has 6 nitrogen and oxygen atoms in total. The molecule has 0 aliphatic carbocycles. The Kier molecular flexibility index (Phi) is 3.84. The van der Waals surface area contributed by atoms with Crippen LogP contribution in [0.25, 0.3) is 10.9 Å². The second-order valence-corrected chi connectivity index (χ2v) is 7.80. The molecule has 1 aromatic carbocycles. The summed E-state index contributed by atoms with van der Waals surface area (Å²) < 4.78 is 5.39. The molecule has 6 heteroatoms. The Balaban J connectivity index is 1.62. The van der Waals surface area contributed by atoms with Gasteiger partial charge >= 0.3 is 5.97 Å². The number of fused-ring (bicyclic) bond motifs is 2. The smallest absolute Gasteiger partial charge is 0.314 e. The molecule has 2 atom stereocenters. The van der Waals surface area contributed by atoms with Gasteiger partial charge < -0.3 is 19.7 Å². The molecule has 1 aromatic heterocycles. The van der Waals surface area contributed by atoms with Crippen LogP contribution in [0.1, 0.15) is 22.4 Å². The van der Waals surface area contributed by atoms with Gasteiger partial charge in [-0.3, -0.25) is 9.59 Å². The molecule has 2 aliphatic rings. The molecular weight excluding hydrogens is 332 g/mol. The van der Waals surface area contributed by atoms with Crippen molar-refractivity contribution in [3.05, 3.63) is 34.5 Å². The maximum Gasteiger partial charge on any atom is 0.314 e. The zero-order valence-corrected chi connectivity index (χ0v) is 15.4. The highest BCUT2D eigenvalue weighted by Gasteiger charge is 2.57. The maximum absolute atomic E-state index is 13.0. The number of aryl methyl sites for hydroxylation is 3. The van der Waals surface area contributed by atoms with Crippen molar-refractivity contribution in [2.75, 3.05) is 26.3 Å². The third-order valence-electron chi connectivity index (χ3n) is 6.17. The third-order valence-corrected chi connectivity index (χ3v) is 6.17. The Morgan fingerprint density at radius 3 is 2.73 bits per heavy atom. The minimum absolute atomic E-state index is 0.00932. The summed E-state index contributed by atoms with van der Waals surface area (Å²) in [5, 5.41) is 10.8. The van der Waals surface area contributed by atoms with Crippen molar-refractivity contribution < 1.29 is 19.4 Å². The van der Waals surface area contributed by atoms with Crippen LogP contribution in [-0.2, 0) is 20.7 Å². The van der Waals surface area contributed by atoms with Crippen molar-refractivity contribution in [1.29, 1.82) is 0 Å². The number of carboxylic acids is 1. The number of aromatic nitrogens is 1. The minimum atomic E-state index is -0.933. The molecule has 2 aliphatic heterocycles. The highest BCUT2D eigenvalue weighted by Crippen LogP contribution is 2.42. The van der Waals surface area contributed by atoms with Crippen LogP contribution in [-0.4, -0.2) is 53.2 Å². The van der Waals surface area contributed by atoms with Crippen LogP contribution in [0.2, 0.25) is 0 Å². The van der Waals surface area contributed by atoms with E-state index in [0.29, 0.717) is 19.6 Å². The Morgan fingerprint density at radius 2 is 2.04 bits per heavy atom. The number of carbonyl (C=O) groups excluding carboxylic acids is 1. The summed E-state index contributed by atoms with van der Waals surface area (Å²) in [5.74, 6) is -0.980. The Hall–Kier alpha value is -2.34. The van der Waals surface area contributed by atoms with Crippen LogP contribution in [0, 0.1) is 32.1 Å². The molecule has 26 heavy (non-hydrogen) atoms. The third kappa shape index (κ3) is 2.35. The lowest BCUT2D eigenvalue weighted by atomic mass is 9.81. The fourth-order valence-electron chi connectivity index (χ4n) is 4.52. The van der Waals surface area contributed by atoms with Crippen molar-refractivity contribution in [3.8, 4) is 0 Å². The first kappa shape index (κ1) is 17.1. The second kappa shape index (κ2) is 5.84. The highest BCUT2D eigenvalue weighted by atomic mass is 16.5. The van der Waals surface area contributed by atoms with E-state index in [-0.39, 0.29) is 25.0 Å². The number of H-pyrrole nitrogens is 1. The van der Waals surface area contributed by atoms with Crippen LogP contribution in [0.4, 0.5) is 0 Å². The van der Waals surface area contributed by atoms with Gasteiger partial charge in [-0.1, -0.05) is 12.1 Å². The van der Waals surface area contributed by atoms with Crippen molar-refractivity contribution in [3.63, 3.8) is 0 Å². The van der Waals surface area contributed by atoms with Gasteiger partial charge in [0, 0.05) is 35.6 Å². The Bertz CT molecular complexity index is 916. The summed E-state index contributed by atoms with van der Waals surface area (Å²) in [6.45, 7) is 7.42. The highest BCUT2D eigenvalue weighted by molar-refractivity contribution is 5.94. The van der Waals surface area contributed by atoms with Crippen LogP contribution in [0.3, 0.4) is 0 Å². The van der Waals surface area contributed by atoms with Gasteiger partial charge in [0.1, 0.15) is 5.41 Å². The van der Waals surface area contributed by atoms with Gasteiger partial charge in [0.25, 0.3) is 0 Å². The van der Waals surface area contributed by atoms with Gasteiger partial charge in [0.05, 0.1) is 19.6 Å². The first-order valence-corrected chi connectivity index (χ1v) is 9.00. The number of nitrogens with one attached hydrogen (secondary N) is 1. The molecule has 2 aromatic rings. The SMILES string of the molecule is Cc1[nH]c2c(C)ccc(C)c2c1CC(=O)N1C[C@@H]2COC[C@]2(C(=O)O)C1. The summed E-state index contributed by atoms with van der Waals surface area (Å²) in [4.78, 5) is 29.9. The molecule has 0 bridgehead atoms. The number of carbonyl (C=O) groups is 2. The van der Waals surface area contributed by atoms with E-state index >= 15 is 0 Å². The largest absolute Gasteiger partial charge is 0.481 e. The first-order valence-electron chi connectivity index (χ1n) is 9.00. The first-order chi connectivity index (χ1) is 12.3. The Labute approximate surface area is 152 Å². The summed E-state index contributed by atoms with van der Waals surface area (Å²) in [7, 11) is 0. The number of carboxylic acid groups (broad SMARTS) is 1. The van der Waals surface area contributed by atoms with E-state index in [2.05, 4.69) is 31.0 Å². The fourth-order valence-corrected chi connectivity index (χ4v) is 4.52. The summed E-state index contributed by atoms with van der Waals surface area (Å²) in [6, 6.07) is 4.16. The lowest BCUT2D eigenvalue weighted by molar-refractivity contribution is -0.149. The summed E-state index contributed by atoms with van der Waals surface area (Å²) >= 11 is 0. The van der Waals surface area contributed by atoms with Crippen molar-refractivity contribution in [2.24, 2.45) is 11.3 Å².